The first-order valence-corrected chi connectivity index (χ1v) is 6.30. The summed E-state index contributed by atoms with van der Waals surface area (Å²) in [5, 5.41) is 13.7. The second-order valence-corrected chi connectivity index (χ2v) is 3.81. The van der Waals surface area contributed by atoms with Crippen molar-refractivity contribution >= 4 is 12.1 Å². The van der Waals surface area contributed by atoms with E-state index in [-0.39, 0.29) is 19.2 Å². The van der Waals surface area contributed by atoms with Crippen molar-refractivity contribution < 1.29 is 19.4 Å². The fourth-order valence-electron chi connectivity index (χ4n) is 1.47. The van der Waals surface area contributed by atoms with Crippen LogP contribution in [0.4, 0.5) is 4.79 Å². The molecule has 6 heteroatoms. The molecule has 3 N–H and O–H groups in total. The zero-order valence-corrected chi connectivity index (χ0v) is 11.5. The Balaban J connectivity index is 2.28. The molecule has 6 nitrogen and oxygen atoms in total. The van der Waals surface area contributed by atoms with E-state index in [1.54, 1.807) is 19.4 Å². The average molecular weight is 280 g/mol. The van der Waals surface area contributed by atoms with E-state index < -0.39 is 0 Å². The predicted molar refractivity (Wildman–Crippen MR) is 76.5 cm³/mol. The van der Waals surface area contributed by atoms with Crippen molar-refractivity contribution in [1.82, 2.24) is 10.6 Å². The van der Waals surface area contributed by atoms with Gasteiger partial charge in [-0.15, -0.1) is 0 Å². The lowest BCUT2D eigenvalue weighted by molar-refractivity contribution is 0.0948. The van der Waals surface area contributed by atoms with Crippen LogP contribution in [0.1, 0.15) is 5.56 Å². The smallest absolute Gasteiger partial charge is 0.318 e. The van der Waals surface area contributed by atoms with Gasteiger partial charge in [0.05, 0.1) is 26.9 Å². The number of para-hydroxylation sites is 1. The highest BCUT2D eigenvalue weighted by Gasteiger charge is 1.98. The lowest BCUT2D eigenvalue weighted by atomic mass is 10.2. The minimum Gasteiger partial charge on any atom is -0.496 e. The Morgan fingerprint density at radius 2 is 2.15 bits per heavy atom. The Morgan fingerprint density at radius 1 is 1.35 bits per heavy atom. The highest BCUT2D eigenvalue weighted by molar-refractivity contribution is 5.76. The van der Waals surface area contributed by atoms with Crippen LogP contribution in [0.2, 0.25) is 0 Å². The van der Waals surface area contributed by atoms with E-state index in [1.165, 1.54) is 0 Å². The van der Waals surface area contributed by atoms with Crippen molar-refractivity contribution in [2.24, 2.45) is 0 Å². The Hall–Kier alpha value is -2.05. The van der Waals surface area contributed by atoms with Crippen molar-refractivity contribution in [3.63, 3.8) is 0 Å². The fraction of sp³-hybridized carbons (Fsp3) is 0.357. The average Bonchev–Trinajstić information content (AvgIpc) is 2.47. The van der Waals surface area contributed by atoms with Gasteiger partial charge in [-0.25, -0.2) is 4.79 Å². The number of hydrogen-bond acceptors (Lipinski definition) is 4. The maximum absolute atomic E-state index is 11.4. The van der Waals surface area contributed by atoms with Crippen molar-refractivity contribution in [2.75, 3.05) is 33.5 Å². The van der Waals surface area contributed by atoms with Gasteiger partial charge in [-0.2, -0.15) is 0 Å². The summed E-state index contributed by atoms with van der Waals surface area (Å²) in [6, 6.07) is 7.18. The van der Waals surface area contributed by atoms with E-state index in [9.17, 15) is 4.79 Å². The summed E-state index contributed by atoms with van der Waals surface area (Å²) in [5.74, 6) is 0.739. The van der Waals surface area contributed by atoms with Crippen LogP contribution in [-0.4, -0.2) is 44.6 Å². The van der Waals surface area contributed by atoms with Gasteiger partial charge in [0.2, 0.25) is 0 Å². The lowest BCUT2D eigenvalue weighted by Gasteiger charge is -2.05. The third-order valence-corrected chi connectivity index (χ3v) is 2.38. The zero-order valence-electron chi connectivity index (χ0n) is 11.5. The van der Waals surface area contributed by atoms with Gasteiger partial charge < -0.3 is 25.2 Å². The summed E-state index contributed by atoms with van der Waals surface area (Å²) in [4.78, 5) is 11.4. The third-order valence-electron chi connectivity index (χ3n) is 2.38. The number of aliphatic hydroxyl groups excluding tert-OH is 1. The van der Waals surface area contributed by atoms with E-state index in [1.807, 2.05) is 24.3 Å². The molecule has 0 atom stereocenters. The van der Waals surface area contributed by atoms with Gasteiger partial charge in [-0.1, -0.05) is 18.2 Å². The van der Waals surface area contributed by atoms with Gasteiger partial charge in [-0.05, 0) is 12.1 Å². The minimum atomic E-state index is -0.316. The molecule has 110 valence electrons. The zero-order chi connectivity index (χ0) is 14.6. The molecule has 1 aromatic rings. The molecule has 0 unspecified atom stereocenters. The first kappa shape index (κ1) is 16.0. The number of rotatable bonds is 8. The van der Waals surface area contributed by atoms with E-state index in [2.05, 4.69) is 10.6 Å². The molecule has 0 aliphatic heterocycles. The molecule has 0 spiro atoms. The Kier molecular flexibility index (Phi) is 7.86. The Morgan fingerprint density at radius 3 is 2.90 bits per heavy atom. The first-order chi connectivity index (χ1) is 9.77. The van der Waals surface area contributed by atoms with Crippen LogP contribution >= 0.6 is 0 Å². The monoisotopic (exact) mass is 280 g/mol. The SMILES string of the molecule is COc1ccccc1/C=C/NC(=O)NCCOCCO. The molecule has 0 radical (unpaired) electrons. The number of hydrogen-bond donors (Lipinski definition) is 3. The number of benzene rings is 1. The standard InChI is InChI=1S/C14H20N2O4/c1-19-13-5-3-2-4-12(13)6-7-15-14(18)16-8-10-20-11-9-17/h2-7,17H,8-11H2,1H3,(H2,15,16,18)/b7-6+. The van der Waals surface area contributed by atoms with Crippen molar-refractivity contribution in [1.29, 1.82) is 0 Å². The number of amides is 2. The molecule has 1 rings (SSSR count). The molecule has 20 heavy (non-hydrogen) atoms. The minimum absolute atomic E-state index is 0.0200. The summed E-state index contributed by atoms with van der Waals surface area (Å²) in [6.07, 6.45) is 3.29. The Labute approximate surface area is 118 Å². The van der Waals surface area contributed by atoms with Crippen molar-refractivity contribution in [3.05, 3.63) is 36.0 Å². The van der Waals surface area contributed by atoms with Crippen LogP contribution < -0.4 is 15.4 Å². The van der Waals surface area contributed by atoms with Gasteiger partial charge in [0.15, 0.2) is 0 Å². The molecule has 0 aliphatic carbocycles. The highest BCUT2D eigenvalue weighted by Crippen LogP contribution is 2.17. The molecule has 0 fully saturated rings. The van der Waals surface area contributed by atoms with Crippen molar-refractivity contribution in [3.8, 4) is 5.75 Å². The molecular formula is C14H20N2O4. The summed E-state index contributed by atoms with van der Waals surface area (Å²) in [7, 11) is 1.60. The maximum atomic E-state index is 11.4. The third kappa shape index (κ3) is 6.21. The number of ether oxygens (including phenoxy) is 2. The molecule has 0 aromatic heterocycles. The number of urea groups is 1. The molecule has 0 saturated carbocycles. The molecular weight excluding hydrogens is 260 g/mol. The van der Waals surface area contributed by atoms with Crippen LogP contribution in [0.15, 0.2) is 30.5 Å². The summed E-state index contributed by atoms with van der Waals surface area (Å²) in [5.41, 5.74) is 0.876. The molecule has 0 bridgehead atoms. The number of aliphatic hydroxyl groups is 1. The largest absolute Gasteiger partial charge is 0.496 e. The molecule has 0 heterocycles. The van der Waals surface area contributed by atoms with Gasteiger partial charge in [0.1, 0.15) is 5.75 Å². The summed E-state index contributed by atoms with van der Waals surface area (Å²) in [6.45, 7) is 1.00. The fourth-order valence-corrected chi connectivity index (χ4v) is 1.47. The van der Waals surface area contributed by atoms with Gasteiger partial charge in [0.25, 0.3) is 0 Å². The molecule has 1 aromatic carbocycles. The lowest BCUT2D eigenvalue weighted by Crippen LogP contribution is -2.34. The van der Waals surface area contributed by atoms with Crippen LogP contribution in [0, 0.1) is 0 Å². The van der Waals surface area contributed by atoms with E-state index in [4.69, 9.17) is 14.6 Å². The highest BCUT2D eigenvalue weighted by atomic mass is 16.5. The van der Waals surface area contributed by atoms with Gasteiger partial charge in [0, 0.05) is 18.3 Å². The molecule has 2 amide bonds. The quantitative estimate of drug-likeness (QED) is 0.620. The van der Waals surface area contributed by atoms with E-state index in [0.29, 0.717) is 13.2 Å². The second-order valence-electron chi connectivity index (χ2n) is 3.81. The molecule has 0 saturated heterocycles. The van der Waals surface area contributed by atoms with Crippen LogP contribution in [0.5, 0.6) is 5.75 Å². The van der Waals surface area contributed by atoms with Gasteiger partial charge in [-0.3, -0.25) is 0 Å². The van der Waals surface area contributed by atoms with Crippen molar-refractivity contribution in [2.45, 2.75) is 0 Å². The number of carbonyl (C=O) groups is 1. The number of methoxy groups -OCH3 is 1. The normalized spacial score (nSPS) is 10.5. The van der Waals surface area contributed by atoms with Crippen LogP contribution in [-0.2, 0) is 4.74 Å². The second kappa shape index (κ2) is 9.82. The van der Waals surface area contributed by atoms with Gasteiger partial charge >= 0.3 is 6.03 Å². The number of nitrogens with one attached hydrogen (secondary N) is 2. The van der Waals surface area contributed by atoms with Crippen LogP contribution in [0.3, 0.4) is 0 Å². The summed E-state index contributed by atoms with van der Waals surface area (Å²) >= 11 is 0. The van der Waals surface area contributed by atoms with E-state index in [0.717, 1.165) is 11.3 Å². The summed E-state index contributed by atoms with van der Waals surface area (Å²) < 4.78 is 10.2. The molecule has 0 aliphatic rings. The predicted octanol–water partition coefficient (Wildman–Crippen LogP) is 0.974. The maximum Gasteiger partial charge on any atom is 0.318 e. The topological polar surface area (TPSA) is 79.8 Å². The first-order valence-electron chi connectivity index (χ1n) is 6.30. The van der Waals surface area contributed by atoms with E-state index >= 15 is 0 Å². The Bertz CT molecular complexity index is 435. The number of carbonyl (C=O) groups excluding carboxylic acids is 1. The van der Waals surface area contributed by atoms with Crippen LogP contribution in [0.25, 0.3) is 6.08 Å².